The van der Waals surface area contributed by atoms with Gasteiger partial charge in [-0.1, -0.05) is 26.8 Å². The molecule has 1 aliphatic rings. The van der Waals surface area contributed by atoms with Gasteiger partial charge in [0.15, 0.2) is 5.82 Å². The van der Waals surface area contributed by atoms with Crippen LogP contribution in [0.1, 0.15) is 81.0 Å². The summed E-state index contributed by atoms with van der Waals surface area (Å²) in [5, 5.41) is 7.70. The van der Waals surface area contributed by atoms with Crippen molar-refractivity contribution < 1.29 is 4.79 Å². The van der Waals surface area contributed by atoms with E-state index < -0.39 is 0 Å². The van der Waals surface area contributed by atoms with Crippen LogP contribution in [0.4, 0.5) is 5.82 Å². The zero-order valence-corrected chi connectivity index (χ0v) is 18.6. The van der Waals surface area contributed by atoms with E-state index in [9.17, 15) is 4.79 Å². The van der Waals surface area contributed by atoms with Crippen LogP contribution in [-0.2, 0) is 0 Å². The molecule has 7 nitrogen and oxygen atoms in total. The van der Waals surface area contributed by atoms with Gasteiger partial charge in [0.05, 0.1) is 28.9 Å². The molecular formula is C23H32N6O. The number of hydrogen-bond donors (Lipinski definition) is 3. The summed E-state index contributed by atoms with van der Waals surface area (Å²) in [5.41, 5.74) is 2.20. The SMILES string of the molecule is C=c1[nH]c(C)c(C(=O)Nc2cnc(C(C)CCC)cn2)/c1=C(/N=C\C)NC1(C)CC1. The van der Waals surface area contributed by atoms with Crippen LogP contribution >= 0.6 is 0 Å². The first kappa shape index (κ1) is 21.7. The molecule has 1 unspecified atom stereocenters. The first-order valence-corrected chi connectivity index (χ1v) is 10.6. The molecule has 0 aromatic carbocycles. The number of hydrogen-bond acceptors (Lipinski definition) is 5. The predicted octanol–water partition coefficient (Wildman–Crippen LogP) is 2.98. The van der Waals surface area contributed by atoms with Gasteiger partial charge in [-0.15, -0.1) is 0 Å². The highest BCUT2D eigenvalue weighted by Gasteiger charge is 2.38. The maximum Gasteiger partial charge on any atom is 0.259 e. The lowest BCUT2D eigenvalue weighted by Gasteiger charge is -2.14. The number of carbonyl (C=O) groups is 1. The first-order valence-electron chi connectivity index (χ1n) is 10.6. The average molecular weight is 409 g/mol. The third kappa shape index (κ3) is 4.78. The van der Waals surface area contributed by atoms with E-state index in [1.165, 1.54) is 0 Å². The minimum Gasteiger partial charge on any atom is -0.364 e. The monoisotopic (exact) mass is 408 g/mol. The molecule has 0 bridgehead atoms. The fourth-order valence-electron chi connectivity index (χ4n) is 3.54. The molecule has 0 saturated heterocycles. The largest absolute Gasteiger partial charge is 0.364 e. The first-order chi connectivity index (χ1) is 14.3. The van der Waals surface area contributed by atoms with E-state index in [1.54, 1.807) is 18.6 Å². The molecule has 0 radical (unpaired) electrons. The van der Waals surface area contributed by atoms with Crippen LogP contribution in [0, 0.1) is 6.92 Å². The van der Waals surface area contributed by atoms with Crippen molar-refractivity contribution in [2.45, 2.75) is 71.8 Å². The molecule has 160 valence electrons. The van der Waals surface area contributed by atoms with Gasteiger partial charge in [-0.05, 0) is 46.0 Å². The van der Waals surface area contributed by atoms with Crippen LogP contribution in [-0.4, -0.2) is 32.6 Å². The van der Waals surface area contributed by atoms with Crippen molar-refractivity contribution in [3.63, 3.8) is 0 Å². The number of rotatable bonds is 8. The van der Waals surface area contributed by atoms with Gasteiger partial charge in [0.1, 0.15) is 5.82 Å². The molecule has 7 heteroatoms. The number of nitrogens with zero attached hydrogens (tertiary/aromatic N) is 3. The summed E-state index contributed by atoms with van der Waals surface area (Å²) in [7, 11) is 0. The second-order valence-electron chi connectivity index (χ2n) is 8.37. The maximum absolute atomic E-state index is 13.2. The Labute approximate surface area is 177 Å². The van der Waals surface area contributed by atoms with Gasteiger partial charge in [-0.2, -0.15) is 0 Å². The molecule has 30 heavy (non-hydrogen) atoms. The minimum atomic E-state index is -0.260. The van der Waals surface area contributed by atoms with Crippen LogP contribution in [0.15, 0.2) is 17.4 Å². The maximum atomic E-state index is 13.2. The van der Waals surface area contributed by atoms with Crippen molar-refractivity contribution in [2.75, 3.05) is 5.32 Å². The Morgan fingerprint density at radius 2 is 2.13 bits per heavy atom. The number of H-pyrrole nitrogens is 1. The lowest BCUT2D eigenvalue weighted by atomic mass is 10.0. The molecule has 3 N–H and O–H groups in total. The van der Waals surface area contributed by atoms with Gasteiger partial charge >= 0.3 is 0 Å². The summed E-state index contributed by atoms with van der Waals surface area (Å²) in [4.78, 5) is 29.7. The van der Waals surface area contributed by atoms with Crippen molar-refractivity contribution in [2.24, 2.45) is 4.99 Å². The highest BCUT2D eigenvalue weighted by atomic mass is 16.1. The Hall–Kier alpha value is -2.96. The van der Waals surface area contributed by atoms with Gasteiger partial charge in [0, 0.05) is 22.8 Å². The van der Waals surface area contributed by atoms with Crippen LogP contribution in [0.3, 0.4) is 0 Å². The predicted molar refractivity (Wildman–Crippen MR) is 122 cm³/mol. The van der Waals surface area contributed by atoms with E-state index in [1.807, 2.05) is 13.8 Å². The lowest BCUT2D eigenvalue weighted by Crippen LogP contribution is -2.37. The van der Waals surface area contributed by atoms with Gasteiger partial charge in [0.25, 0.3) is 5.91 Å². The van der Waals surface area contributed by atoms with Gasteiger partial charge in [-0.25, -0.2) is 9.98 Å². The standard InChI is InChI=1S/C23H32N6O/c1-7-9-14(3)17-12-26-18(13-25-17)28-22(30)20-16(5)27-15(4)19(20)21(24-8-2)29-23(6)10-11-23/h8,12-14,27,29H,4,7,9-11H2,1-3,5-6H3,(H,26,28,30)/b21-19-,24-8-. The number of aliphatic imine (C=N–C) groups is 1. The molecule has 1 atom stereocenters. The average Bonchev–Trinajstić information content (AvgIpc) is 3.34. The van der Waals surface area contributed by atoms with E-state index in [-0.39, 0.29) is 11.4 Å². The summed E-state index contributed by atoms with van der Waals surface area (Å²) in [6.07, 6.45) is 9.38. The topological polar surface area (TPSA) is 95.1 Å². The van der Waals surface area contributed by atoms with Crippen LogP contribution < -0.4 is 21.2 Å². The number of amides is 1. The number of anilines is 1. The summed E-state index contributed by atoms with van der Waals surface area (Å²) >= 11 is 0. The minimum absolute atomic E-state index is 0.0176. The molecule has 0 spiro atoms. The van der Waals surface area contributed by atoms with Crippen LogP contribution in [0.2, 0.25) is 0 Å². The fourth-order valence-corrected chi connectivity index (χ4v) is 3.54. The summed E-state index contributed by atoms with van der Waals surface area (Å²) in [6.45, 7) is 14.2. The van der Waals surface area contributed by atoms with E-state index in [0.717, 1.165) is 37.1 Å². The van der Waals surface area contributed by atoms with Crippen molar-refractivity contribution in [3.05, 3.63) is 39.9 Å². The molecule has 2 heterocycles. The number of nitrogens with one attached hydrogen (secondary N) is 3. The van der Waals surface area contributed by atoms with Crippen molar-refractivity contribution in [1.82, 2.24) is 20.3 Å². The van der Waals surface area contributed by atoms with E-state index >= 15 is 0 Å². The van der Waals surface area contributed by atoms with Crippen LogP contribution in [0.5, 0.6) is 0 Å². The number of carbonyl (C=O) groups excluding carboxylic acids is 1. The number of aromatic nitrogens is 3. The fraction of sp³-hybridized carbons (Fsp3) is 0.478. The van der Waals surface area contributed by atoms with E-state index in [4.69, 9.17) is 0 Å². The van der Waals surface area contributed by atoms with Gasteiger partial charge < -0.3 is 15.6 Å². The Morgan fingerprint density at radius 1 is 1.40 bits per heavy atom. The molecule has 3 rings (SSSR count). The van der Waals surface area contributed by atoms with Crippen molar-refractivity contribution >= 4 is 30.3 Å². The Balaban J connectivity index is 1.93. The highest BCUT2D eigenvalue weighted by Crippen LogP contribution is 2.35. The Morgan fingerprint density at radius 3 is 2.70 bits per heavy atom. The summed E-state index contributed by atoms with van der Waals surface area (Å²) < 4.78 is 0. The van der Waals surface area contributed by atoms with E-state index in [2.05, 4.69) is 57.9 Å². The van der Waals surface area contributed by atoms with Crippen molar-refractivity contribution in [3.8, 4) is 0 Å². The van der Waals surface area contributed by atoms with Crippen LogP contribution in [0.25, 0.3) is 12.4 Å². The second-order valence-corrected chi connectivity index (χ2v) is 8.37. The third-order valence-electron chi connectivity index (χ3n) is 5.55. The molecule has 2 aromatic rings. The Kier molecular flexibility index (Phi) is 6.39. The third-order valence-corrected chi connectivity index (χ3v) is 5.55. The lowest BCUT2D eigenvalue weighted by molar-refractivity contribution is 0.102. The van der Waals surface area contributed by atoms with Crippen molar-refractivity contribution in [1.29, 1.82) is 0 Å². The normalized spacial score (nSPS) is 17.0. The molecule has 1 saturated carbocycles. The van der Waals surface area contributed by atoms with E-state index in [0.29, 0.717) is 33.7 Å². The van der Waals surface area contributed by atoms with Gasteiger partial charge in [0.2, 0.25) is 0 Å². The summed E-state index contributed by atoms with van der Waals surface area (Å²) in [6, 6.07) is 0. The Bertz CT molecular complexity index is 1050. The smallest absolute Gasteiger partial charge is 0.259 e. The molecule has 2 aromatic heterocycles. The summed E-state index contributed by atoms with van der Waals surface area (Å²) in [5.74, 6) is 1.17. The molecule has 1 aliphatic carbocycles. The zero-order valence-electron chi connectivity index (χ0n) is 18.6. The number of aryl methyl sites for hydroxylation is 1. The van der Waals surface area contributed by atoms with Gasteiger partial charge in [-0.3, -0.25) is 9.78 Å². The zero-order chi connectivity index (χ0) is 21.9. The quantitative estimate of drug-likeness (QED) is 0.585. The molecule has 1 fully saturated rings. The molecular weight excluding hydrogens is 376 g/mol. The molecule has 0 aliphatic heterocycles. The molecule has 1 amide bonds. The number of aromatic amines is 1. The highest BCUT2D eigenvalue weighted by molar-refractivity contribution is 6.05. The second kappa shape index (κ2) is 8.81.